The molecule has 1 nitrogen and oxygen atoms in total. The average molecular weight is 319 g/mol. The third kappa shape index (κ3) is 4.48. The number of rotatable bonds is 5. The molecule has 2 aromatic carbocycles. The molecule has 0 aromatic heterocycles. The Morgan fingerprint density at radius 2 is 1.74 bits per heavy atom. The minimum Gasteiger partial charge on any atom is -0.393 e. The summed E-state index contributed by atoms with van der Waals surface area (Å²) in [6.07, 6.45) is 2.13. The minimum absolute atomic E-state index is 0.292. The molecule has 0 amide bonds. The molecule has 1 N–H and O–H groups in total. The molecule has 0 saturated heterocycles. The third-order valence-corrected chi connectivity index (χ3v) is 4.07. The number of hydrogen-bond acceptors (Lipinski definition) is 1. The molecular formula is C17H19BrO. The Morgan fingerprint density at radius 1 is 1.05 bits per heavy atom. The molecular weight excluding hydrogens is 300 g/mol. The molecule has 0 aliphatic rings. The standard InChI is InChI=1S/C17H19BrO/c1-13-6-8-14(9-7-13)10-11-16(19)12-15-4-2-3-5-17(15)18/h2-9,16,19H,10-12H2,1H3. The topological polar surface area (TPSA) is 20.2 Å². The van der Waals surface area contributed by atoms with Gasteiger partial charge in [-0.1, -0.05) is 64.0 Å². The van der Waals surface area contributed by atoms with Gasteiger partial charge < -0.3 is 5.11 Å². The first-order chi connectivity index (χ1) is 9.15. The molecule has 0 fully saturated rings. The van der Waals surface area contributed by atoms with E-state index >= 15 is 0 Å². The Balaban J connectivity index is 1.86. The number of halogens is 1. The van der Waals surface area contributed by atoms with Crippen LogP contribution < -0.4 is 0 Å². The van der Waals surface area contributed by atoms with Gasteiger partial charge in [0.1, 0.15) is 0 Å². The van der Waals surface area contributed by atoms with E-state index in [1.54, 1.807) is 0 Å². The van der Waals surface area contributed by atoms with E-state index in [1.165, 1.54) is 16.7 Å². The lowest BCUT2D eigenvalue weighted by molar-refractivity contribution is 0.165. The van der Waals surface area contributed by atoms with Crippen molar-refractivity contribution < 1.29 is 5.11 Å². The maximum absolute atomic E-state index is 10.1. The monoisotopic (exact) mass is 318 g/mol. The Hall–Kier alpha value is -1.12. The highest BCUT2D eigenvalue weighted by molar-refractivity contribution is 9.10. The fraction of sp³-hybridized carbons (Fsp3) is 0.294. The van der Waals surface area contributed by atoms with Crippen molar-refractivity contribution in [1.29, 1.82) is 0 Å². The van der Waals surface area contributed by atoms with Gasteiger partial charge in [0.25, 0.3) is 0 Å². The van der Waals surface area contributed by atoms with E-state index in [1.807, 2.05) is 18.2 Å². The van der Waals surface area contributed by atoms with Crippen molar-refractivity contribution in [1.82, 2.24) is 0 Å². The molecule has 1 atom stereocenters. The molecule has 0 bridgehead atoms. The van der Waals surface area contributed by atoms with Crippen LogP contribution in [0.3, 0.4) is 0 Å². The summed E-state index contributed by atoms with van der Waals surface area (Å²) in [4.78, 5) is 0. The van der Waals surface area contributed by atoms with Crippen molar-refractivity contribution in [3.63, 3.8) is 0 Å². The first-order valence-electron chi connectivity index (χ1n) is 6.62. The zero-order chi connectivity index (χ0) is 13.7. The van der Waals surface area contributed by atoms with Gasteiger partial charge in [-0.15, -0.1) is 0 Å². The van der Waals surface area contributed by atoms with Crippen molar-refractivity contribution in [2.75, 3.05) is 0 Å². The van der Waals surface area contributed by atoms with Crippen molar-refractivity contribution in [3.05, 3.63) is 69.7 Å². The Kier molecular flexibility index (Phi) is 5.17. The Bertz CT molecular complexity index is 519. The lowest BCUT2D eigenvalue weighted by Crippen LogP contribution is -2.12. The maximum atomic E-state index is 10.1. The summed E-state index contributed by atoms with van der Waals surface area (Å²) in [5.74, 6) is 0. The Morgan fingerprint density at radius 3 is 2.42 bits per heavy atom. The second kappa shape index (κ2) is 6.88. The van der Waals surface area contributed by atoms with Crippen LogP contribution in [-0.2, 0) is 12.8 Å². The van der Waals surface area contributed by atoms with Crippen LogP contribution >= 0.6 is 15.9 Å². The molecule has 0 radical (unpaired) electrons. The minimum atomic E-state index is -0.292. The Labute approximate surface area is 123 Å². The van der Waals surface area contributed by atoms with Gasteiger partial charge in [-0.25, -0.2) is 0 Å². The van der Waals surface area contributed by atoms with E-state index in [4.69, 9.17) is 0 Å². The zero-order valence-corrected chi connectivity index (χ0v) is 12.7. The van der Waals surface area contributed by atoms with Crippen LogP contribution in [0, 0.1) is 6.92 Å². The highest BCUT2D eigenvalue weighted by Gasteiger charge is 2.08. The van der Waals surface area contributed by atoms with Gasteiger partial charge in [0.15, 0.2) is 0 Å². The molecule has 0 aliphatic heterocycles. The predicted molar refractivity (Wildman–Crippen MR) is 83.4 cm³/mol. The van der Waals surface area contributed by atoms with Crippen LogP contribution in [0.2, 0.25) is 0 Å². The first-order valence-corrected chi connectivity index (χ1v) is 7.41. The van der Waals surface area contributed by atoms with E-state index in [9.17, 15) is 5.11 Å². The molecule has 0 aliphatic carbocycles. The number of benzene rings is 2. The molecule has 2 heteroatoms. The maximum Gasteiger partial charge on any atom is 0.0584 e. The van der Waals surface area contributed by atoms with Crippen LogP contribution in [-0.4, -0.2) is 11.2 Å². The van der Waals surface area contributed by atoms with Gasteiger partial charge in [0.05, 0.1) is 6.10 Å². The van der Waals surface area contributed by atoms with Gasteiger partial charge in [0.2, 0.25) is 0 Å². The summed E-state index contributed by atoms with van der Waals surface area (Å²) in [7, 11) is 0. The summed E-state index contributed by atoms with van der Waals surface area (Å²) in [6.45, 7) is 2.09. The fourth-order valence-electron chi connectivity index (χ4n) is 2.11. The smallest absolute Gasteiger partial charge is 0.0584 e. The molecule has 2 aromatic rings. The summed E-state index contributed by atoms with van der Waals surface area (Å²) in [5.41, 5.74) is 3.73. The SMILES string of the molecule is Cc1ccc(CCC(O)Cc2ccccc2Br)cc1. The van der Waals surface area contributed by atoms with Gasteiger partial charge >= 0.3 is 0 Å². The quantitative estimate of drug-likeness (QED) is 0.871. The van der Waals surface area contributed by atoms with Crippen molar-refractivity contribution in [2.24, 2.45) is 0 Å². The van der Waals surface area contributed by atoms with E-state index in [-0.39, 0.29) is 6.10 Å². The third-order valence-electron chi connectivity index (χ3n) is 3.30. The zero-order valence-electron chi connectivity index (χ0n) is 11.1. The van der Waals surface area contributed by atoms with Crippen LogP contribution in [0.4, 0.5) is 0 Å². The summed E-state index contributed by atoms with van der Waals surface area (Å²) in [5, 5.41) is 10.1. The molecule has 2 rings (SSSR count). The van der Waals surface area contributed by atoms with E-state index in [2.05, 4.69) is 53.2 Å². The van der Waals surface area contributed by atoms with Crippen LogP contribution in [0.15, 0.2) is 53.0 Å². The lowest BCUT2D eigenvalue weighted by Gasteiger charge is -2.12. The van der Waals surface area contributed by atoms with E-state index in [0.717, 1.165) is 17.3 Å². The molecule has 0 heterocycles. The number of aryl methyl sites for hydroxylation is 2. The first kappa shape index (κ1) is 14.3. The van der Waals surface area contributed by atoms with Gasteiger partial charge in [-0.3, -0.25) is 0 Å². The predicted octanol–water partition coefficient (Wildman–Crippen LogP) is 4.29. The van der Waals surface area contributed by atoms with Crippen molar-refractivity contribution in [2.45, 2.75) is 32.3 Å². The van der Waals surface area contributed by atoms with E-state index in [0.29, 0.717) is 6.42 Å². The van der Waals surface area contributed by atoms with Gasteiger partial charge in [-0.2, -0.15) is 0 Å². The molecule has 100 valence electrons. The fourth-order valence-corrected chi connectivity index (χ4v) is 2.55. The van der Waals surface area contributed by atoms with E-state index < -0.39 is 0 Å². The highest BCUT2D eigenvalue weighted by atomic mass is 79.9. The molecule has 19 heavy (non-hydrogen) atoms. The van der Waals surface area contributed by atoms with Crippen LogP contribution in [0.25, 0.3) is 0 Å². The second-order valence-electron chi connectivity index (χ2n) is 4.97. The summed E-state index contributed by atoms with van der Waals surface area (Å²) < 4.78 is 1.07. The summed E-state index contributed by atoms with van der Waals surface area (Å²) >= 11 is 3.52. The van der Waals surface area contributed by atoms with Crippen molar-refractivity contribution >= 4 is 15.9 Å². The van der Waals surface area contributed by atoms with Crippen molar-refractivity contribution in [3.8, 4) is 0 Å². The molecule has 0 spiro atoms. The van der Waals surface area contributed by atoms with Crippen LogP contribution in [0.1, 0.15) is 23.1 Å². The number of aliphatic hydroxyl groups excluding tert-OH is 1. The van der Waals surface area contributed by atoms with Gasteiger partial charge in [0, 0.05) is 4.47 Å². The summed E-state index contributed by atoms with van der Waals surface area (Å²) in [6, 6.07) is 16.6. The number of aliphatic hydroxyl groups is 1. The normalized spacial score (nSPS) is 12.4. The average Bonchev–Trinajstić information content (AvgIpc) is 2.41. The lowest BCUT2D eigenvalue weighted by atomic mass is 10.0. The number of hydrogen-bond donors (Lipinski definition) is 1. The molecule has 0 saturated carbocycles. The highest BCUT2D eigenvalue weighted by Crippen LogP contribution is 2.19. The largest absolute Gasteiger partial charge is 0.393 e. The molecule has 1 unspecified atom stereocenters. The second-order valence-corrected chi connectivity index (χ2v) is 5.83. The van der Waals surface area contributed by atoms with Gasteiger partial charge in [-0.05, 0) is 43.4 Å². The van der Waals surface area contributed by atoms with Crippen LogP contribution in [0.5, 0.6) is 0 Å².